The summed E-state index contributed by atoms with van der Waals surface area (Å²) in [6.45, 7) is 7.56. The van der Waals surface area contributed by atoms with Crippen molar-refractivity contribution in [3.63, 3.8) is 0 Å². The second-order valence-electron chi connectivity index (χ2n) is 5.92. The van der Waals surface area contributed by atoms with Crippen molar-refractivity contribution in [3.8, 4) is 0 Å². The van der Waals surface area contributed by atoms with Gasteiger partial charge in [-0.15, -0.1) is 0 Å². The average Bonchev–Trinajstić information content (AvgIpc) is 2.95. The summed E-state index contributed by atoms with van der Waals surface area (Å²) >= 11 is 0. The molecule has 0 bridgehead atoms. The molecule has 1 aromatic rings. The van der Waals surface area contributed by atoms with Gasteiger partial charge in [-0.3, -0.25) is 4.79 Å². The Bertz CT molecular complexity index is 520. The minimum absolute atomic E-state index is 0.138. The van der Waals surface area contributed by atoms with E-state index in [4.69, 9.17) is 4.74 Å². The summed E-state index contributed by atoms with van der Waals surface area (Å²) in [5, 5.41) is 0. The summed E-state index contributed by atoms with van der Waals surface area (Å²) in [6.07, 6.45) is 3.59. The van der Waals surface area contributed by atoms with Crippen LogP contribution in [0, 0.1) is 6.92 Å². The second kappa shape index (κ2) is 5.60. The number of nitrogens with zero attached hydrogens (tertiary/aromatic N) is 4. The number of rotatable bonds is 2. The fourth-order valence-electron chi connectivity index (χ4n) is 3.04. The maximum absolute atomic E-state index is 12.6. The summed E-state index contributed by atoms with van der Waals surface area (Å²) < 4.78 is 5.66. The quantitative estimate of drug-likeness (QED) is 0.813. The first-order chi connectivity index (χ1) is 10.1. The van der Waals surface area contributed by atoms with Crippen LogP contribution >= 0.6 is 0 Å². The standard InChI is InChI=1S/C15H22N4O2/c1-12-16-6-4-13(17-12)18-7-9-19(10-8-18)14(20)15(2)5-3-11-21-15/h4,6H,3,5,7-11H2,1-2H3. The summed E-state index contributed by atoms with van der Waals surface area (Å²) in [7, 11) is 0. The summed E-state index contributed by atoms with van der Waals surface area (Å²) in [5.74, 6) is 1.86. The molecule has 2 aliphatic rings. The van der Waals surface area contributed by atoms with Gasteiger partial charge in [0.2, 0.25) is 0 Å². The maximum atomic E-state index is 12.6. The third kappa shape index (κ3) is 2.85. The van der Waals surface area contributed by atoms with E-state index in [1.807, 2.05) is 24.8 Å². The molecule has 6 heteroatoms. The molecule has 3 heterocycles. The van der Waals surface area contributed by atoms with E-state index >= 15 is 0 Å². The van der Waals surface area contributed by atoms with E-state index in [9.17, 15) is 4.79 Å². The lowest BCUT2D eigenvalue weighted by atomic mass is 10.0. The van der Waals surface area contributed by atoms with E-state index < -0.39 is 5.60 Å². The Morgan fingerprint density at radius 1 is 1.33 bits per heavy atom. The minimum atomic E-state index is -0.603. The first-order valence-corrected chi connectivity index (χ1v) is 7.56. The number of aromatic nitrogens is 2. The molecule has 0 radical (unpaired) electrons. The van der Waals surface area contributed by atoms with Gasteiger partial charge in [0.25, 0.3) is 5.91 Å². The highest BCUT2D eigenvalue weighted by Crippen LogP contribution is 2.28. The molecule has 2 fully saturated rings. The van der Waals surface area contributed by atoms with Gasteiger partial charge >= 0.3 is 0 Å². The number of piperazine rings is 1. The van der Waals surface area contributed by atoms with Crippen molar-refractivity contribution in [1.82, 2.24) is 14.9 Å². The lowest BCUT2D eigenvalue weighted by molar-refractivity contribution is -0.151. The van der Waals surface area contributed by atoms with Crippen LogP contribution in [0.15, 0.2) is 12.3 Å². The lowest BCUT2D eigenvalue weighted by Gasteiger charge is -2.38. The predicted octanol–water partition coefficient (Wildman–Crippen LogP) is 1.00. The molecule has 3 rings (SSSR count). The summed E-state index contributed by atoms with van der Waals surface area (Å²) in [4.78, 5) is 25.3. The molecule has 0 spiro atoms. The van der Waals surface area contributed by atoms with Crippen molar-refractivity contribution in [3.05, 3.63) is 18.1 Å². The normalized spacial score (nSPS) is 26.2. The zero-order valence-corrected chi connectivity index (χ0v) is 12.7. The fraction of sp³-hybridized carbons (Fsp3) is 0.667. The van der Waals surface area contributed by atoms with E-state index in [-0.39, 0.29) is 5.91 Å². The summed E-state index contributed by atoms with van der Waals surface area (Å²) in [5.41, 5.74) is -0.603. The number of amides is 1. The Balaban J connectivity index is 1.61. The van der Waals surface area contributed by atoms with Crippen LogP contribution in [-0.2, 0) is 9.53 Å². The number of hydrogen-bond donors (Lipinski definition) is 0. The molecule has 0 aromatic carbocycles. The van der Waals surface area contributed by atoms with Gasteiger partial charge in [0, 0.05) is 39.0 Å². The van der Waals surface area contributed by atoms with Gasteiger partial charge in [-0.05, 0) is 32.8 Å². The van der Waals surface area contributed by atoms with Gasteiger partial charge < -0.3 is 14.5 Å². The molecule has 1 atom stereocenters. The topological polar surface area (TPSA) is 58.6 Å². The largest absolute Gasteiger partial charge is 0.365 e. The van der Waals surface area contributed by atoms with Crippen LogP contribution in [0.1, 0.15) is 25.6 Å². The van der Waals surface area contributed by atoms with Crippen molar-refractivity contribution in [1.29, 1.82) is 0 Å². The lowest BCUT2D eigenvalue weighted by Crippen LogP contribution is -2.55. The smallest absolute Gasteiger partial charge is 0.254 e. The molecule has 0 aliphatic carbocycles. The van der Waals surface area contributed by atoms with Crippen LogP contribution in [0.3, 0.4) is 0 Å². The zero-order chi connectivity index (χ0) is 14.9. The second-order valence-corrected chi connectivity index (χ2v) is 5.92. The van der Waals surface area contributed by atoms with Crippen LogP contribution < -0.4 is 4.90 Å². The first kappa shape index (κ1) is 14.3. The Morgan fingerprint density at radius 3 is 2.71 bits per heavy atom. The molecule has 0 saturated carbocycles. The third-order valence-corrected chi connectivity index (χ3v) is 4.32. The van der Waals surface area contributed by atoms with Gasteiger partial charge in [-0.2, -0.15) is 0 Å². The summed E-state index contributed by atoms with van der Waals surface area (Å²) in [6, 6.07) is 1.92. The monoisotopic (exact) mass is 290 g/mol. The van der Waals surface area contributed by atoms with Crippen LogP contribution in [0.2, 0.25) is 0 Å². The molecule has 1 aromatic heterocycles. The Morgan fingerprint density at radius 2 is 2.10 bits per heavy atom. The van der Waals surface area contributed by atoms with Gasteiger partial charge in [0.05, 0.1) is 0 Å². The van der Waals surface area contributed by atoms with Gasteiger partial charge in [0.15, 0.2) is 0 Å². The molecule has 114 valence electrons. The Kier molecular flexibility index (Phi) is 3.80. The number of carbonyl (C=O) groups excluding carboxylic acids is 1. The molecule has 0 N–H and O–H groups in total. The Labute approximate surface area is 125 Å². The predicted molar refractivity (Wildman–Crippen MR) is 79.2 cm³/mol. The highest BCUT2D eigenvalue weighted by Gasteiger charge is 2.41. The van der Waals surface area contributed by atoms with E-state index in [1.54, 1.807) is 6.20 Å². The molecule has 2 saturated heterocycles. The molecular weight excluding hydrogens is 268 g/mol. The first-order valence-electron chi connectivity index (χ1n) is 7.56. The number of carbonyl (C=O) groups is 1. The van der Waals surface area contributed by atoms with Crippen molar-refractivity contribution < 1.29 is 9.53 Å². The Hall–Kier alpha value is -1.69. The van der Waals surface area contributed by atoms with Crippen LogP contribution in [0.5, 0.6) is 0 Å². The minimum Gasteiger partial charge on any atom is -0.365 e. The molecule has 6 nitrogen and oxygen atoms in total. The molecular formula is C15H22N4O2. The fourth-order valence-corrected chi connectivity index (χ4v) is 3.04. The van der Waals surface area contributed by atoms with Crippen molar-refractivity contribution >= 4 is 11.7 Å². The number of ether oxygens (including phenoxy) is 1. The van der Waals surface area contributed by atoms with E-state index in [0.29, 0.717) is 6.61 Å². The van der Waals surface area contributed by atoms with Crippen molar-refractivity contribution in [2.24, 2.45) is 0 Å². The number of hydrogen-bond acceptors (Lipinski definition) is 5. The van der Waals surface area contributed by atoms with Crippen LogP contribution in [-0.4, -0.2) is 59.2 Å². The average molecular weight is 290 g/mol. The SMILES string of the molecule is Cc1nccc(N2CCN(C(=O)C3(C)CCCO3)CC2)n1. The zero-order valence-electron chi connectivity index (χ0n) is 12.7. The molecule has 1 amide bonds. The van der Waals surface area contributed by atoms with E-state index in [1.165, 1.54) is 0 Å². The van der Waals surface area contributed by atoms with E-state index in [2.05, 4.69) is 14.9 Å². The third-order valence-electron chi connectivity index (χ3n) is 4.32. The van der Waals surface area contributed by atoms with Crippen LogP contribution in [0.25, 0.3) is 0 Å². The van der Waals surface area contributed by atoms with Crippen molar-refractivity contribution in [2.45, 2.75) is 32.3 Å². The molecule has 2 aliphatic heterocycles. The van der Waals surface area contributed by atoms with Crippen LogP contribution in [0.4, 0.5) is 5.82 Å². The van der Waals surface area contributed by atoms with Gasteiger partial charge in [0.1, 0.15) is 17.2 Å². The maximum Gasteiger partial charge on any atom is 0.254 e. The number of aryl methyl sites for hydroxylation is 1. The van der Waals surface area contributed by atoms with Gasteiger partial charge in [-0.25, -0.2) is 9.97 Å². The highest BCUT2D eigenvalue weighted by molar-refractivity contribution is 5.85. The molecule has 21 heavy (non-hydrogen) atoms. The van der Waals surface area contributed by atoms with Crippen molar-refractivity contribution in [2.75, 3.05) is 37.7 Å². The molecule has 1 unspecified atom stereocenters. The highest BCUT2D eigenvalue weighted by atomic mass is 16.5. The van der Waals surface area contributed by atoms with E-state index in [0.717, 1.165) is 50.7 Å². The van der Waals surface area contributed by atoms with Gasteiger partial charge in [-0.1, -0.05) is 0 Å². The number of anilines is 1.